The van der Waals surface area contributed by atoms with Crippen molar-refractivity contribution in [3.63, 3.8) is 0 Å². The van der Waals surface area contributed by atoms with Crippen LogP contribution in [-0.2, 0) is 0 Å². The van der Waals surface area contributed by atoms with Crippen LogP contribution in [0.15, 0.2) is 12.1 Å². The molecule has 0 fully saturated rings. The average Bonchev–Trinajstić information content (AvgIpc) is 1.78. The molecule has 0 aliphatic rings. The Labute approximate surface area is 98.1 Å². The second-order valence-corrected chi connectivity index (χ2v) is 19.5. The van der Waals surface area contributed by atoms with E-state index in [2.05, 4.69) is 14.8 Å². The summed E-state index contributed by atoms with van der Waals surface area (Å²) in [4.78, 5) is 6.82. The molecule has 13 heavy (non-hydrogen) atoms. The van der Waals surface area contributed by atoms with Crippen molar-refractivity contribution in [2.24, 2.45) is 0 Å². The minimum atomic E-state index is -2.19. The van der Waals surface area contributed by atoms with E-state index in [9.17, 15) is 0 Å². The number of halogens is 3. The first-order valence-corrected chi connectivity index (χ1v) is 15.1. The summed E-state index contributed by atoms with van der Waals surface area (Å²) in [5.41, 5.74) is 0. The molecule has 1 aromatic carbocycles. The van der Waals surface area contributed by atoms with E-state index in [1.54, 1.807) is 12.1 Å². The van der Waals surface area contributed by atoms with Crippen molar-refractivity contribution < 1.29 is 0 Å². The Balaban J connectivity index is 3.38. The molecule has 0 saturated heterocycles. The second kappa shape index (κ2) is 4.17. The van der Waals surface area contributed by atoms with Crippen LogP contribution < -0.4 is 3.58 Å². The third-order valence-electron chi connectivity index (χ3n) is 1.76. The Morgan fingerprint density at radius 3 is 1.62 bits per heavy atom. The molecule has 4 heteroatoms. The van der Waals surface area contributed by atoms with Crippen molar-refractivity contribution in [2.75, 3.05) is 0 Å². The summed E-state index contributed by atoms with van der Waals surface area (Å²) in [6, 6.07) is 3.54. The normalized spacial score (nSPS) is 11.8. The van der Waals surface area contributed by atoms with Crippen LogP contribution in [0.2, 0.25) is 29.9 Å². The monoisotopic (exact) mass is 344 g/mol. The molecule has 0 bridgehead atoms. The Hall–Kier alpha value is 0.889. The van der Waals surface area contributed by atoms with Gasteiger partial charge in [0.1, 0.15) is 0 Å². The molecule has 0 aromatic heterocycles. The summed E-state index contributed by atoms with van der Waals surface area (Å²) < 4.78 is 1.15. The van der Waals surface area contributed by atoms with Gasteiger partial charge in [-0.15, -0.1) is 0 Å². The van der Waals surface area contributed by atoms with Crippen LogP contribution in [0.5, 0.6) is 0 Å². The van der Waals surface area contributed by atoms with Gasteiger partial charge in [-0.2, -0.15) is 0 Å². The van der Waals surface area contributed by atoms with Crippen molar-refractivity contribution in [1.82, 2.24) is 0 Å². The predicted molar refractivity (Wildman–Crippen MR) is 64.5 cm³/mol. The summed E-state index contributed by atoms with van der Waals surface area (Å²) in [7, 11) is 0. The molecule has 0 nitrogen and oxygen atoms in total. The zero-order valence-electron chi connectivity index (χ0n) is 7.79. The molecule has 72 valence electrons. The quantitative estimate of drug-likeness (QED) is 0.670. The van der Waals surface area contributed by atoms with Gasteiger partial charge in [-0.3, -0.25) is 0 Å². The first-order valence-electron chi connectivity index (χ1n) is 3.97. The van der Waals surface area contributed by atoms with Gasteiger partial charge in [-0.1, -0.05) is 0 Å². The van der Waals surface area contributed by atoms with Crippen LogP contribution in [-0.4, -0.2) is 18.4 Å². The Morgan fingerprint density at radius 1 is 0.923 bits per heavy atom. The van der Waals surface area contributed by atoms with E-state index in [0.29, 0.717) is 5.02 Å². The zero-order chi connectivity index (χ0) is 10.2. The van der Waals surface area contributed by atoms with Crippen molar-refractivity contribution in [1.29, 1.82) is 0 Å². The minimum absolute atomic E-state index is 0.606. The SMILES string of the molecule is [CH3][Sn]([CH3])([CH3])[c]1c(Cl)cc(Cl)cc1Cl. The van der Waals surface area contributed by atoms with Gasteiger partial charge in [-0.25, -0.2) is 0 Å². The van der Waals surface area contributed by atoms with E-state index < -0.39 is 18.4 Å². The fourth-order valence-electron chi connectivity index (χ4n) is 1.26. The third-order valence-corrected chi connectivity index (χ3v) is 9.29. The molecular formula is C9H11Cl3Sn. The molecule has 0 heterocycles. The van der Waals surface area contributed by atoms with Gasteiger partial charge in [0.15, 0.2) is 0 Å². The fraction of sp³-hybridized carbons (Fsp3) is 0.333. The second-order valence-electron chi connectivity index (χ2n) is 3.99. The Kier molecular flexibility index (Phi) is 3.84. The van der Waals surface area contributed by atoms with Gasteiger partial charge in [0.25, 0.3) is 0 Å². The molecule has 0 aliphatic carbocycles. The first-order chi connectivity index (χ1) is 5.82. The molecule has 0 aliphatic heterocycles. The summed E-state index contributed by atoms with van der Waals surface area (Å²) in [5.74, 6) is 0. The third kappa shape index (κ3) is 2.92. The van der Waals surface area contributed by atoms with Crippen LogP contribution in [0.1, 0.15) is 0 Å². The van der Waals surface area contributed by atoms with Crippen LogP contribution >= 0.6 is 34.8 Å². The van der Waals surface area contributed by atoms with Gasteiger partial charge in [0, 0.05) is 0 Å². The van der Waals surface area contributed by atoms with E-state index in [1.165, 1.54) is 0 Å². The van der Waals surface area contributed by atoms with Crippen LogP contribution in [0.4, 0.5) is 0 Å². The molecule has 0 saturated carbocycles. The first kappa shape index (κ1) is 12.0. The number of benzene rings is 1. The summed E-state index contributed by atoms with van der Waals surface area (Å²) >= 11 is 15.8. The maximum atomic E-state index is 6.10. The maximum absolute atomic E-state index is 6.10. The Bertz CT molecular complexity index is 305. The van der Waals surface area contributed by atoms with E-state index in [0.717, 1.165) is 13.6 Å². The average molecular weight is 344 g/mol. The Morgan fingerprint density at radius 2 is 1.31 bits per heavy atom. The molecule has 1 aromatic rings. The van der Waals surface area contributed by atoms with Crippen LogP contribution in [0.3, 0.4) is 0 Å². The van der Waals surface area contributed by atoms with E-state index in [4.69, 9.17) is 34.8 Å². The molecule has 0 unspecified atom stereocenters. The van der Waals surface area contributed by atoms with Crippen LogP contribution in [0.25, 0.3) is 0 Å². The molecule has 0 amide bonds. The topological polar surface area (TPSA) is 0 Å². The molecule has 0 atom stereocenters. The van der Waals surface area contributed by atoms with Gasteiger partial charge >= 0.3 is 98.8 Å². The van der Waals surface area contributed by atoms with Crippen molar-refractivity contribution >= 4 is 56.8 Å². The standard InChI is InChI=1S/C6H2Cl3.3CH3.Sn/c7-4-1-5(8)3-6(9)2-4;;;;/h1-2H;3*1H3;. The fourth-order valence-corrected chi connectivity index (χ4v) is 10.4. The number of rotatable bonds is 1. The van der Waals surface area contributed by atoms with Crippen molar-refractivity contribution in [2.45, 2.75) is 14.8 Å². The number of hydrogen-bond donors (Lipinski definition) is 0. The molecule has 0 radical (unpaired) electrons. The predicted octanol–water partition coefficient (Wildman–Crippen LogP) is 4.19. The van der Waals surface area contributed by atoms with Crippen molar-refractivity contribution in [3.05, 3.63) is 27.2 Å². The van der Waals surface area contributed by atoms with Gasteiger partial charge in [-0.05, 0) is 0 Å². The van der Waals surface area contributed by atoms with E-state index in [1.807, 2.05) is 0 Å². The van der Waals surface area contributed by atoms with Crippen LogP contribution in [0, 0.1) is 0 Å². The summed E-state index contributed by atoms with van der Waals surface area (Å²) in [6.07, 6.45) is 0. The van der Waals surface area contributed by atoms with E-state index >= 15 is 0 Å². The molecule has 0 spiro atoms. The van der Waals surface area contributed by atoms with Gasteiger partial charge < -0.3 is 0 Å². The number of hydrogen-bond acceptors (Lipinski definition) is 0. The summed E-state index contributed by atoms with van der Waals surface area (Å²) in [5, 5.41) is 2.05. The summed E-state index contributed by atoms with van der Waals surface area (Å²) in [6.45, 7) is 0. The molecule has 0 N–H and O–H groups in total. The van der Waals surface area contributed by atoms with Gasteiger partial charge in [0.05, 0.1) is 0 Å². The van der Waals surface area contributed by atoms with Crippen molar-refractivity contribution in [3.8, 4) is 0 Å². The van der Waals surface area contributed by atoms with Gasteiger partial charge in [0.2, 0.25) is 0 Å². The molecular weight excluding hydrogens is 333 g/mol. The van der Waals surface area contributed by atoms with E-state index in [-0.39, 0.29) is 0 Å². The zero-order valence-corrected chi connectivity index (χ0v) is 12.9. The molecule has 1 rings (SSSR count).